The van der Waals surface area contributed by atoms with Crippen LogP contribution in [0.5, 0.6) is 0 Å². The first-order chi connectivity index (χ1) is 7.63. The molecule has 0 bridgehead atoms. The van der Waals surface area contributed by atoms with Gasteiger partial charge in [0.1, 0.15) is 17.9 Å². The largest absolute Gasteiger partial charge is 0.480 e. The van der Waals surface area contributed by atoms with Crippen molar-refractivity contribution in [3.8, 4) is 0 Å². The Bertz CT molecular complexity index is 548. The highest BCUT2D eigenvalue weighted by Crippen LogP contribution is 2.24. The van der Waals surface area contributed by atoms with Gasteiger partial charge in [-0.15, -0.1) is 0 Å². The number of para-hydroxylation sites is 1. The minimum atomic E-state index is -0.881. The number of hydrogen-bond donors (Lipinski definition) is 1. The van der Waals surface area contributed by atoms with Crippen LogP contribution in [0.2, 0.25) is 5.02 Å². The van der Waals surface area contributed by atoms with Crippen molar-refractivity contribution in [2.75, 3.05) is 0 Å². The fourth-order valence-corrected chi connectivity index (χ4v) is 1.95. The second kappa shape index (κ2) is 4.14. The van der Waals surface area contributed by atoms with Crippen LogP contribution in [0.4, 0.5) is 0 Å². The molecule has 0 saturated heterocycles. The fraction of sp³-hybridized carbons (Fsp3) is 0.273. The number of nitrogens with zero attached hydrogens (tertiary/aromatic N) is 2. The number of fused-ring (bicyclic) bond motifs is 1. The third-order valence-electron chi connectivity index (χ3n) is 2.42. The molecule has 84 valence electrons. The lowest BCUT2D eigenvalue weighted by molar-refractivity contribution is -0.137. The first-order valence-corrected chi connectivity index (χ1v) is 5.36. The van der Waals surface area contributed by atoms with Crippen molar-refractivity contribution in [3.63, 3.8) is 0 Å². The van der Waals surface area contributed by atoms with E-state index < -0.39 is 5.97 Å². The van der Waals surface area contributed by atoms with Crippen molar-refractivity contribution in [1.29, 1.82) is 0 Å². The third kappa shape index (κ3) is 1.76. The molecule has 0 aliphatic carbocycles. The summed E-state index contributed by atoms with van der Waals surface area (Å²) in [5.41, 5.74) is 1.44. The molecule has 5 heteroatoms. The first kappa shape index (κ1) is 11.0. The lowest BCUT2D eigenvalue weighted by Crippen LogP contribution is -2.11. The van der Waals surface area contributed by atoms with Crippen molar-refractivity contribution >= 4 is 28.6 Å². The number of aliphatic carboxylic acids is 1. The highest BCUT2D eigenvalue weighted by molar-refractivity contribution is 6.34. The summed E-state index contributed by atoms with van der Waals surface area (Å²) in [4.78, 5) is 15.1. The summed E-state index contributed by atoms with van der Waals surface area (Å²) in [7, 11) is 0. The molecule has 2 rings (SSSR count). The van der Waals surface area contributed by atoms with E-state index in [1.165, 1.54) is 0 Å². The summed E-state index contributed by atoms with van der Waals surface area (Å²) in [5.74, 6) is -0.139. The van der Waals surface area contributed by atoms with Crippen LogP contribution >= 0.6 is 11.6 Å². The van der Waals surface area contributed by atoms with Gasteiger partial charge in [-0.05, 0) is 12.1 Å². The number of rotatable bonds is 3. The van der Waals surface area contributed by atoms with E-state index in [-0.39, 0.29) is 6.54 Å². The summed E-state index contributed by atoms with van der Waals surface area (Å²) < 4.78 is 1.68. The summed E-state index contributed by atoms with van der Waals surface area (Å²) in [6.07, 6.45) is 0.679. The molecule has 0 aliphatic heterocycles. The van der Waals surface area contributed by atoms with Gasteiger partial charge in [0.15, 0.2) is 0 Å². The van der Waals surface area contributed by atoms with Gasteiger partial charge in [0.25, 0.3) is 0 Å². The third-order valence-corrected chi connectivity index (χ3v) is 2.72. The Morgan fingerprint density at radius 1 is 1.56 bits per heavy atom. The standard InChI is InChI=1S/C11H11ClN2O2/c1-2-9-13-11-7(12)4-3-5-8(11)14(9)6-10(15)16/h3-5H,2,6H2,1H3,(H,15,16). The number of hydrogen-bond acceptors (Lipinski definition) is 2. The van der Waals surface area contributed by atoms with Crippen LogP contribution < -0.4 is 0 Å². The molecule has 4 nitrogen and oxygen atoms in total. The molecule has 1 N–H and O–H groups in total. The molecule has 0 saturated carbocycles. The van der Waals surface area contributed by atoms with Crippen LogP contribution in [-0.4, -0.2) is 20.6 Å². The molecule has 0 atom stereocenters. The van der Waals surface area contributed by atoms with Gasteiger partial charge in [-0.1, -0.05) is 24.6 Å². The molecular weight excluding hydrogens is 228 g/mol. The number of carboxylic acids is 1. The zero-order valence-electron chi connectivity index (χ0n) is 8.77. The van der Waals surface area contributed by atoms with Crippen molar-refractivity contribution in [2.24, 2.45) is 0 Å². The average molecular weight is 239 g/mol. The zero-order valence-corrected chi connectivity index (χ0v) is 9.53. The van der Waals surface area contributed by atoms with Crippen molar-refractivity contribution in [2.45, 2.75) is 19.9 Å². The van der Waals surface area contributed by atoms with Gasteiger partial charge in [0, 0.05) is 6.42 Å². The Labute approximate surface area is 97.5 Å². The topological polar surface area (TPSA) is 55.1 Å². The Morgan fingerprint density at radius 2 is 2.31 bits per heavy atom. The maximum Gasteiger partial charge on any atom is 0.323 e. The predicted molar refractivity (Wildman–Crippen MR) is 61.8 cm³/mol. The molecular formula is C11H11ClN2O2. The average Bonchev–Trinajstić information content (AvgIpc) is 2.58. The molecule has 0 radical (unpaired) electrons. The highest BCUT2D eigenvalue weighted by atomic mass is 35.5. The van der Waals surface area contributed by atoms with E-state index in [0.29, 0.717) is 17.0 Å². The first-order valence-electron chi connectivity index (χ1n) is 4.99. The fourth-order valence-electron chi connectivity index (χ4n) is 1.74. The van der Waals surface area contributed by atoms with Crippen molar-refractivity contribution in [1.82, 2.24) is 9.55 Å². The second-order valence-corrected chi connectivity index (χ2v) is 3.88. The molecule has 1 aromatic heterocycles. The maximum absolute atomic E-state index is 10.8. The number of carboxylic acid groups (broad SMARTS) is 1. The van der Waals surface area contributed by atoms with Gasteiger partial charge >= 0.3 is 5.97 Å². The van der Waals surface area contributed by atoms with Gasteiger partial charge in [-0.25, -0.2) is 4.98 Å². The highest BCUT2D eigenvalue weighted by Gasteiger charge is 2.13. The minimum absolute atomic E-state index is 0.0833. The molecule has 0 fully saturated rings. The molecule has 1 heterocycles. The van der Waals surface area contributed by atoms with E-state index in [1.807, 2.05) is 13.0 Å². The van der Waals surface area contributed by atoms with E-state index in [2.05, 4.69) is 4.98 Å². The van der Waals surface area contributed by atoms with E-state index in [0.717, 1.165) is 11.3 Å². The van der Waals surface area contributed by atoms with Gasteiger partial charge in [-0.3, -0.25) is 4.79 Å². The van der Waals surface area contributed by atoms with E-state index in [9.17, 15) is 4.79 Å². The lowest BCUT2D eigenvalue weighted by Gasteiger charge is -2.03. The number of aromatic nitrogens is 2. The number of imidazole rings is 1. The van der Waals surface area contributed by atoms with E-state index in [1.54, 1.807) is 16.7 Å². The molecule has 16 heavy (non-hydrogen) atoms. The van der Waals surface area contributed by atoms with Crippen LogP contribution in [0.15, 0.2) is 18.2 Å². The van der Waals surface area contributed by atoms with Crippen molar-refractivity contribution < 1.29 is 9.90 Å². The van der Waals surface area contributed by atoms with Crippen LogP contribution in [0.3, 0.4) is 0 Å². The minimum Gasteiger partial charge on any atom is -0.480 e. The summed E-state index contributed by atoms with van der Waals surface area (Å²) in [5, 5.41) is 9.40. The number of halogens is 1. The smallest absolute Gasteiger partial charge is 0.323 e. The van der Waals surface area contributed by atoms with Crippen LogP contribution in [0, 0.1) is 0 Å². The summed E-state index contributed by atoms with van der Waals surface area (Å²) >= 11 is 6.01. The molecule has 0 unspecified atom stereocenters. The van der Waals surface area contributed by atoms with E-state index >= 15 is 0 Å². The molecule has 0 spiro atoms. The van der Waals surface area contributed by atoms with Gasteiger partial charge < -0.3 is 9.67 Å². The normalized spacial score (nSPS) is 10.9. The lowest BCUT2D eigenvalue weighted by atomic mass is 10.3. The van der Waals surface area contributed by atoms with E-state index in [4.69, 9.17) is 16.7 Å². The van der Waals surface area contributed by atoms with Gasteiger partial charge in [0.2, 0.25) is 0 Å². The monoisotopic (exact) mass is 238 g/mol. The van der Waals surface area contributed by atoms with Crippen LogP contribution in [-0.2, 0) is 17.8 Å². The van der Waals surface area contributed by atoms with Crippen LogP contribution in [0.25, 0.3) is 11.0 Å². The van der Waals surface area contributed by atoms with Gasteiger partial charge in [0.05, 0.1) is 10.5 Å². The quantitative estimate of drug-likeness (QED) is 0.893. The van der Waals surface area contributed by atoms with Crippen molar-refractivity contribution in [3.05, 3.63) is 29.0 Å². The molecule has 0 aliphatic rings. The molecule has 0 amide bonds. The second-order valence-electron chi connectivity index (χ2n) is 3.47. The SMILES string of the molecule is CCc1nc2c(Cl)cccc2n1CC(=O)O. The maximum atomic E-state index is 10.8. The summed E-state index contributed by atoms with van der Waals surface area (Å²) in [6, 6.07) is 5.38. The Balaban J connectivity index is 2.68. The zero-order chi connectivity index (χ0) is 11.7. The molecule has 2 aromatic rings. The Hall–Kier alpha value is -1.55. The van der Waals surface area contributed by atoms with Crippen LogP contribution in [0.1, 0.15) is 12.7 Å². The number of benzene rings is 1. The summed E-state index contributed by atoms with van der Waals surface area (Å²) in [6.45, 7) is 1.85. The number of aryl methyl sites for hydroxylation is 1. The number of carbonyl (C=O) groups is 1. The molecule has 1 aromatic carbocycles. The van der Waals surface area contributed by atoms with Gasteiger partial charge in [-0.2, -0.15) is 0 Å². The predicted octanol–water partition coefficient (Wildman–Crippen LogP) is 2.34. The Morgan fingerprint density at radius 3 is 2.94 bits per heavy atom. The Kier molecular flexibility index (Phi) is 2.83.